The van der Waals surface area contributed by atoms with Gasteiger partial charge in [0.15, 0.2) is 0 Å². The molecular weight excluding hydrogens is 231 g/mol. The molecule has 0 saturated carbocycles. The number of anilines is 1. The Morgan fingerprint density at radius 2 is 2.11 bits per heavy atom. The second kappa shape index (κ2) is 5.04. The van der Waals surface area contributed by atoms with Crippen LogP contribution in [0, 0.1) is 5.82 Å². The number of aryl methyl sites for hydroxylation is 1. The molecule has 3 nitrogen and oxygen atoms in total. The number of rotatable bonds is 3. The lowest BCUT2D eigenvalue weighted by molar-refractivity contribution is 0.398. The van der Waals surface area contributed by atoms with Gasteiger partial charge in [0.2, 0.25) is 5.88 Å². The summed E-state index contributed by atoms with van der Waals surface area (Å²) in [6.45, 7) is 1.91. The predicted molar refractivity (Wildman–Crippen MR) is 70.0 cm³/mol. The largest absolute Gasteiger partial charge is 0.481 e. The quantitative estimate of drug-likeness (QED) is 0.847. The molecule has 0 radical (unpaired) electrons. The molecule has 1 aromatic heterocycles. The number of nitrogens with zero attached hydrogens (tertiary/aromatic N) is 1. The van der Waals surface area contributed by atoms with Crippen LogP contribution in [0.3, 0.4) is 0 Å². The Morgan fingerprint density at radius 3 is 2.78 bits per heavy atom. The maximum absolute atomic E-state index is 13.6. The van der Waals surface area contributed by atoms with Gasteiger partial charge in [-0.15, -0.1) is 0 Å². The highest BCUT2D eigenvalue weighted by molar-refractivity contribution is 5.77. The molecule has 1 aromatic carbocycles. The molecule has 0 aliphatic rings. The summed E-state index contributed by atoms with van der Waals surface area (Å²) in [6.07, 6.45) is 2.27. The lowest BCUT2D eigenvalue weighted by atomic mass is 10.0. The third-order valence-electron chi connectivity index (χ3n) is 2.85. The zero-order chi connectivity index (χ0) is 13.1. The number of aromatic nitrogens is 1. The van der Waals surface area contributed by atoms with E-state index < -0.39 is 0 Å². The molecule has 0 fully saturated rings. The second-order valence-electron chi connectivity index (χ2n) is 3.97. The van der Waals surface area contributed by atoms with Crippen LogP contribution in [-0.4, -0.2) is 12.1 Å². The molecule has 2 N–H and O–H groups in total. The van der Waals surface area contributed by atoms with Crippen LogP contribution in [0.15, 0.2) is 30.5 Å². The van der Waals surface area contributed by atoms with Crippen molar-refractivity contribution >= 4 is 5.69 Å². The fourth-order valence-electron chi connectivity index (χ4n) is 1.84. The first-order valence-corrected chi connectivity index (χ1v) is 5.74. The zero-order valence-electron chi connectivity index (χ0n) is 10.4. The topological polar surface area (TPSA) is 48.1 Å². The number of methoxy groups -OCH3 is 1. The third-order valence-corrected chi connectivity index (χ3v) is 2.85. The van der Waals surface area contributed by atoms with E-state index in [-0.39, 0.29) is 5.82 Å². The van der Waals surface area contributed by atoms with Gasteiger partial charge in [0, 0.05) is 23.5 Å². The average Bonchev–Trinajstić information content (AvgIpc) is 2.39. The minimum atomic E-state index is -0.264. The Kier molecular flexibility index (Phi) is 3.46. The summed E-state index contributed by atoms with van der Waals surface area (Å²) in [7, 11) is 1.55. The summed E-state index contributed by atoms with van der Waals surface area (Å²) in [5, 5.41) is 0. The molecule has 2 aromatic rings. The average molecular weight is 246 g/mol. The number of hydrogen-bond acceptors (Lipinski definition) is 3. The van der Waals surface area contributed by atoms with Gasteiger partial charge < -0.3 is 10.5 Å². The van der Waals surface area contributed by atoms with Crippen LogP contribution < -0.4 is 10.5 Å². The molecule has 0 spiro atoms. The van der Waals surface area contributed by atoms with E-state index in [2.05, 4.69) is 4.98 Å². The normalized spacial score (nSPS) is 10.4. The Bertz CT molecular complexity index is 570. The number of pyridine rings is 1. The second-order valence-corrected chi connectivity index (χ2v) is 3.97. The van der Waals surface area contributed by atoms with Gasteiger partial charge in [0.25, 0.3) is 0 Å². The third kappa shape index (κ3) is 2.27. The minimum absolute atomic E-state index is 0.264. The van der Waals surface area contributed by atoms with Crippen molar-refractivity contribution in [1.82, 2.24) is 4.98 Å². The standard InChI is InChI=1S/C14H15FN2O/c1-3-9-6-11(13(16)8-12(9)15)10-4-5-17-14(7-10)18-2/h4-8H,3,16H2,1-2H3. The summed E-state index contributed by atoms with van der Waals surface area (Å²) in [6, 6.07) is 6.75. The Balaban J connectivity index is 2.55. The van der Waals surface area contributed by atoms with Crippen molar-refractivity contribution in [1.29, 1.82) is 0 Å². The van der Waals surface area contributed by atoms with Gasteiger partial charge in [0.1, 0.15) is 5.82 Å². The first-order valence-electron chi connectivity index (χ1n) is 5.74. The fourth-order valence-corrected chi connectivity index (χ4v) is 1.84. The molecular formula is C14H15FN2O. The van der Waals surface area contributed by atoms with Crippen LogP contribution in [0.2, 0.25) is 0 Å². The van der Waals surface area contributed by atoms with E-state index in [9.17, 15) is 4.39 Å². The number of hydrogen-bond donors (Lipinski definition) is 1. The van der Waals surface area contributed by atoms with E-state index in [4.69, 9.17) is 10.5 Å². The van der Waals surface area contributed by atoms with Crippen molar-refractivity contribution in [3.05, 3.63) is 41.8 Å². The molecule has 94 valence electrons. The molecule has 0 aliphatic carbocycles. The number of halogens is 1. The maximum Gasteiger partial charge on any atom is 0.213 e. The maximum atomic E-state index is 13.6. The van der Waals surface area contributed by atoms with Crippen LogP contribution >= 0.6 is 0 Å². The highest BCUT2D eigenvalue weighted by Gasteiger charge is 2.09. The van der Waals surface area contributed by atoms with Crippen molar-refractivity contribution in [2.24, 2.45) is 0 Å². The van der Waals surface area contributed by atoms with Gasteiger partial charge in [-0.3, -0.25) is 0 Å². The highest BCUT2D eigenvalue weighted by Crippen LogP contribution is 2.30. The Morgan fingerprint density at radius 1 is 1.33 bits per heavy atom. The fraction of sp³-hybridized carbons (Fsp3) is 0.214. The summed E-state index contributed by atoms with van der Waals surface area (Å²) in [5.74, 6) is 0.244. The Hall–Kier alpha value is -2.10. The molecule has 0 unspecified atom stereocenters. The molecule has 4 heteroatoms. The van der Waals surface area contributed by atoms with E-state index in [0.717, 1.165) is 11.1 Å². The van der Waals surface area contributed by atoms with Crippen molar-refractivity contribution in [2.45, 2.75) is 13.3 Å². The summed E-state index contributed by atoms with van der Waals surface area (Å²) >= 11 is 0. The van der Waals surface area contributed by atoms with Crippen molar-refractivity contribution in [3.8, 4) is 17.0 Å². The molecule has 0 saturated heterocycles. The number of nitrogens with two attached hydrogens (primary N) is 1. The predicted octanol–water partition coefficient (Wildman–Crippen LogP) is 3.04. The number of ether oxygens (including phenoxy) is 1. The molecule has 0 atom stereocenters. The molecule has 0 aliphatic heterocycles. The lowest BCUT2D eigenvalue weighted by Crippen LogP contribution is -1.97. The summed E-state index contributed by atoms with van der Waals surface area (Å²) < 4.78 is 18.6. The van der Waals surface area contributed by atoms with E-state index in [0.29, 0.717) is 23.6 Å². The van der Waals surface area contributed by atoms with E-state index in [1.807, 2.05) is 13.0 Å². The van der Waals surface area contributed by atoms with Crippen LogP contribution in [0.5, 0.6) is 5.88 Å². The monoisotopic (exact) mass is 246 g/mol. The molecule has 0 amide bonds. The van der Waals surface area contributed by atoms with E-state index >= 15 is 0 Å². The first kappa shape index (κ1) is 12.4. The van der Waals surface area contributed by atoms with Gasteiger partial charge in [-0.25, -0.2) is 9.37 Å². The van der Waals surface area contributed by atoms with Crippen LogP contribution in [0.25, 0.3) is 11.1 Å². The highest BCUT2D eigenvalue weighted by atomic mass is 19.1. The van der Waals surface area contributed by atoms with E-state index in [1.165, 1.54) is 6.07 Å². The summed E-state index contributed by atoms with van der Waals surface area (Å²) in [4.78, 5) is 4.04. The van der Waals surface area contributed by atoms with E-state index in [1.54, 1.807) is 25.4 Å². The first-order chi connectivity index (χ1) is 8.65. The smallest absolute Gasteiger partial charge is 0.213 e. The van der Waals surface area contributed by atoms with Crippen LogP contribution in [0.1, 0.15) is 12.5 Å². The molecule has 0 bridgehead atoms. The molecule has 2 rings (SSSR count). The number of nitrogen functional groups attached to an aromatic ring is 1. The SMILES string of the molecule is CCc1cc(-c2ccnc(OC)c2)c(N)cc1F. The summed E-state index contributed by atoms with van der Waals surface area (Å²) in [5.41, 5.74) is 8.60. The Labute approximate surface area is 105 Å². The molecule has 18 heavy (non-hydrogen) atoms. The van der Waals surface area contributed by atoms with Gasteiger partial charge in [0.05, 0.1) is 7.11 Å². The van der Waals surface area contributed by atoms with Crippen LogP contribution in [-0.2, 0) is 6.42 Å². The lowest BCUT2D eigenvalue weighted by Gasteiger charge is -2.10. The number of benzene rings is 1. The van der Waals surface area contributed by atoms with Gasteiger partial charge in [-0.1, -0.05) is 6.92 Å². The van der Waals surface area contributed by atoms with Crippen molar-refractivity contribution in [3.63, 3.8) is 0 Å². The van der Waals surface area contributed by atoms with Crippen molar-refractivity contribution < 1.29 is 9.13 Å². The van der Waals surface area contributed by atoms with Gasteiger partial charge in [-0.2, -0.15) is 0 Å². The van der Waals surface area contributed by atoms with Crippen LogP contribution in [0.4, 0.5) is 10.1 Å². The zero-order valence-corrected chi connectivity index (χ0v) is 10.4. The van der Waals surface area contributed by atoms with Crippen molar-refractivity contribution in [2.75, 3.05) is 12.8 Å². The minimum Gasteiger partial charge on any atom is -0.481 e. The van der Waals surface area contributed by atoms with Gasteiger partial charge >= 0.3 is 0 Å². The molecule has 1 heterocycles. The van der Waals surface area contributed by atoms with Gasteiger partial charge in [-0.05, 0) is 35.7 Å².